The fourth-order valence-corrected chi connectivity index (χ4v) is 0.690. The summed E-state index contributed by atoms with van der Waals surface area (Å²) < 4.78 is 10.2. The van der Waals surface area contributed by atoms with E-state index in [1.165, 1.54) is 0 Å². The van der Waals surface area contributed by atoms with E-state index in [1.54, 1.807) is 0 Å². The van der Waals surface area contributed by atoms with E-state index >= 15 is 0 Å². The molecule has 3 nitrogen and oxygen atoms in total. The largest absolute Gasteiger partial charge is 0.382 e. The lowest BCUT2D eigenvalue weighted by Gasteiger charge is -2.03. The van der Waals surface area contributed by atoms with E-state index in [0.717, 1.165) is 32.8 Å². The molecule has 0 aliphatic carbocycles. The fraction of sp³-hybridized carbons (Fsp3) is 1.00. The number of nitrogens with one attached hydrogen (secondary N) is 1. The second kappa shape index (κ2) is 9.88. The smallest absolute Gasteiger partial charge is 0.0965 e. The molecular weight excluding hydrogens is 142 g/mol. The first-order valence-electron chi connectivity index (χ1n) is 4.28. The van der Waals surface area contributed by atoms with Crippen molar-refractivity contribution in [2.45, 2.75) is 20.3 Å². The Morgan fingerprint density at radius 2 is 1.82 bits per heavy atom. The molecule has 0 unspecified atom stereocenters. The number of hydrogen-bond acceptors (Lipinski definition) is 3. The monoisotopic (exact) mass is 161 g/mol. The molecule has 0 aliphatic rings. The summed E-state index contributed by atoms with van der Waals surface area (Å²) in [5, 5.41) is 3.14. The van der Waals surface area contributed by atoms with Gasteiger partial charge in [-0.3, -0.25) is 5.32 Å². The highest BCUT2D eigenvalue weighted by molar-refractivity contribution is 4.40. The average Bonchev–Trinajstić information content (AvgIpc) is 2.03. The van der Waals surface area contributed by atoms with E-state index < -0.39 is 0 Å². The van der Waals surface area contributed by atoms with Gasteiger partial charge in [-0.05, 0) is 26.8 Å². The van der Waals surface area contributed by atoms with Crippen molar-refractivity contribution in [1.82, 2.24) is 5.32 Å². The number of ether oxygens (including phenoxy) is 2. The molecule has 3 heteroatoms. The van der Waals surface area contributed by atoms with Gasteiger partial charge in [-0.1, -0.05) is 0 Å². The Morgan fingerprint density at radius 1 is 1.09 bits per heavy atom. The second-order valence-electron chi connectivity index (χ2n) is 2.19. The molecule has 0 saturated heterocycles. The van der Waals surface area contributed by atoms with E-state index in [-0.39, 0.29) is 0 Å². The predicted octanol–water partition coefficient (Wildman–Crippen LogP) is 0.997. The zero-order valence-corrected chi connectivity index (χ0v) is 7.56. The lowest BCUT2D eigenvalue weighted by molar-refractivity contribution is 0.118. The van der Waals surface area contributed by atoms with Crippen molar-refractivity contribution in [3.8, 4) is 0 Å². The van der Waals surface area contributed by atoms with Crippen LogP contribution in [0.25, 0.3) is 0 Å². The maximum absolute atomic E-state index is 5.16. The van der Waals surface area contributed by atoms with Crippen LogP contribution in [0.3, 0.4) is 0 Å². The van der Waals surface area contributed by atoms with Crippen LogP contribution in [0, 0.1) is 0 Å². The average molecular weight is 161 g/mol. The topological polar surface area (TPSA) is 30.5 Å². The Kier molecular flexibility index (Phi) is 9.77. The first-order valence-corrected chi connectivity index (χ1v) is 4.28. The van der Waals surface area contributed by atoms with Crippen LogP contribution in [0.1, 0.15) is 20.3 Å². The van der Waals surface area contributed by atoms with Crippen molar-refractivity contribution in [3.05, 3.63) is 0 Å². The van der Waals surface area contributed by atoms with Gasteiger partial charge in [0, 0.05) is 19.8 Å². The number of rotatable bonds is 8. The molecule has 0 aliphatic heterocycles. The minimum absolute atomic E-state index is 0.655. The highest BCUT2D eigenvalue weighted by Crippen LogP contribution is 1.79. The van der Waals surface area contributed by atoms with Crippen LogP contribution in [0.5, 0.6) is 0 Å². The molecule has 0 bridgehead atoms. The van der Waals surface area contributed by atoms with Gasteiger partial charge < -0.3 is 9.47 Å². The molecule has 0 fully saturated rings. The molecule has 0 aromatic heterocycles. The van der Waals surface area contributed by atoms with Gasteiger partial charge in [-0.25, -0.2) is 0 Å². The predicted molar refractivity (Wildman–Crippen MR) is 45.6 cm³/mol. The summed E-state index contributed by atoms with van der Waals surface area (Å²) in [4.78, 5) is 0. The van der Waals surface area contributed by atoms with Crippen molar-refractivity contribution in [1.29, 1.82) is 0 Å². The first kappa shape index (κ1) is 10.9. The van der Waals surface area contributed by atoms with E-state index in [4.69, 9.17) is 9.47 Å². The van der Waals surface area contributed by atoms with Crippen molar-refractivity contribution in [3.63, 3.8) is 0 Å². The van der Waals surface area contributed by atoms with E-state index in [9.17, 15) is 0 Å². The summed E-state index contributed by atoms with van der Waals surface area (Å²) in [5.74, 6) is 0. The van der Waals surface area contributed by atoms with E-state index in [2.05, 4.69) is 5.32 Å². The minimum Gasteiger partial charge on any atom is -0.382 e. The zero-order chi connectivity index (χ0) is 8.36. The second-order valence-corrected chi connectivity index (χ2v) is 2.19. The van der Waals surface area contributed by atoms with Crippen LogP contribution in [0.15, 0.2) is 0 Å². The number of hydrogen-bond donors (Lipinski definition) is 1. The maximum Gasteiger partial charge on any atom is 0.0965 e. The van der Waals surface area contributed by atoms with Crippen LogP contribution >= 0.6 is 0 Å². The summed E-state index contributed by atoms with van der Waals surface area (Å²) >= 11 is 0. The highest BCUT2D eigenvalue weighted by atomic mass is 16.5. The lowest BCUT2D eigenvalue weighted by atomic mass is 10.4. The van der Waals surface area contributed by atoms with Crippen LogP contribution in [0.4, 0.5) is 0 Å². The van der Waals surface area contributed by atoms with Crippen LogP contribution in [-0.4, -0.2) is 33.1 Å². The molecule has 0 spiro atoms. The third-order valence-corrected chi connectivity index (χ3v) is 1.25. The van der Waals surface area contributed by atoms with Gasteiger partial charge in [-0.2, -0.15) is 0 Å². The van der Waals surface area contributed by atoms with Crippen molar-refractivity contribution in [2.75, 3.05) is 33.1 Å². The molecule has 0 radical (unpaired) electrons. The lowest BCUT2D eigenvalue weighted by Crippen LogP contribution is -2.20. The summed E-state index contributed by atoms with van der Waals surface area (Å²) in [5.41, 5.74) is 0. The molecule has 0 amide bonds. The van der Waals surface area contributed by atoms with Gasteiger partial charge >= 0.3 is 0 Å². The van der Waals surface area contributed by atoms with Gasteiger partial charge in [-0.15, -0.1) is 0 Å². The Labute approximate surface area is 69.1 Å². The normalized spacial score (nSPS) is 10.4. The van der Waals surface area contributed by atoms with Crippen molar-refractivity contribution >= 4 is 0 Å². The molecule has 0 aromatic carbocycles. The molecule has 1 N–H and O–H groups in total. The third kappa shape index (κ3) is 9.88. The Hall–Kier alpha value is -0.120. The van der Waals surface area contributed by atoms with Crippen molar-refractivity contribution in [2.24, 2.45) is 0 Å². The third-order valence-electron chi connectivity index (χ3n) is 1.25. The van der Waals surface area contributed by atoms with Gasteiger partial charge in [0.15, 0.2) is 0 Å². The first-order chi connectivity index (χ1) is 5.41. The molecule has 68 valence electrons. The highest BCUT2D eigenvalue weighted by Gasteiger charge is 1.86. The van der Waals surface area contributed by atoms with Crippen molar-refractivity contribution < 1.29 is 9.47 Å². The fourth-order valence-electron chi connectivity index (χ4n) is 0.690. The van der Waals surface area contributed by atoms with Crippen LogP contribution in [0.2, 0.25) is 0 Å². The van der Waals surface area contributed by atoms with Crippen LogP contribution in [-0.2, 0) is 9.47 Å². The summed E-state index contributed by atoms with van der Waals surface area (Å²) in [6, 6.07) is 0. The standard InChI is InChI=1S/C8H19NO2/c1-3-10-7-5-6-9-8-11-4-2/h9H,3-8H2,1-2H3. The Morgan fingerprint density at radius 3 is 2.45 bits per heavy atom. The maximum atomic E-state index is 5.16. The molecular formula is C8H19NO2. The van der Waals surface area contributed by atoms with Gasteiger partial charge in [0.25, 0.3) is 0 Å². The van der Waals surface area contributed by atoms with Gasteiger partial charge in [0.1, 0.15) is 0 Å². The van der Waals surface area contributed by atoms with Crippen LogP contribution < -0.4 is 5.32 Å². The van der Waals surface area contributed by atoms with Gasteiger partial charge in [0.2, 0.25) is 0 Å². The minimum atomic E-state index is 0.655. The molecule has 0 atom stereocenters. The quantitative estimate of drug-likeness (QED) is 0.425. The molecule has 0 aromatic rings. The summed E-state index contributed by atoms with van der Waals surface area (Å²) in [7, 11) is 0. The summed E-state index contributed by atoms with van der Waals surface area (Å²) in [6.07, 6.45) is 1.06. The molecule has 0 rings (SSSR count). The summed E-state index contributed by atoms with van der Waals surface area (Å²) in [6.45, 7) is 8.05. The molecule has 0 saturated carbocycles. The SMILES string of the molecule is CCOCCCNCOCC. The molecule has 0 heterocycles. The zero-order valence-electron chi connectivity index (χ0n) is 7.56. The molecule has 11 heavy (non-hydrogen) atoms. The van der Waals surface area contributed by atoms with E-state index in [1.807, 2.05) is 13.8 Å². The Bertz CT molecular complexity index is 61.1. The van der Waals surface area contributed by atoms with Gasteiger partial charge in [0.05, 0.1) is 6.73 Å². The van der Waals surface area contributed by atoms with E-state index in [0.29, 0.717) is 6.73 Å². The Balaban J connectivity index is 2.69.